The molecule has 4 aromatic rings. The predicted octanol–water partition coefficient (Wildman–Crippen LogP) is 5.85. The van der Waals surface area contributed by atoms with Crippen LogP contribution in [0.3, 0.4) is 0 Å². The van der Waals surface area contributed by atoms with Crippen molar-refractivity contribution in [3.8, 4) is 23.0 Å². The van der Waals surface area contributed by atoms with Gasteiger partial charge in [-0.3, -0.25) is 4.98 Å². The van der Waals surface area contributed by atoms with Gasteiger partial charge in [-0.25, -0.2) is 8.78 Å². The number of piperidine rings is 1. The topological polar surface area (TPSA) is 94.8 Å². The van der Waals surface area contributed by atoms with Gasteiger partial charge in [-0.05, 0) is 98.5 Å². The molecule has 236 valence electrons. The minimum atomic E-state index is -0.669. The Morgan fingerprint density at radius 3 is 2.64 bits per heavy atom. The number of hydrogen-bond acceptors (Lipinski definition) is 8. The van der Waals surface area contributed by atoms with Gasteiger partial charge in [0.15, 0.2) is 5.82 Å². The van der Waals surface area contributed by atoms with E-state index >= 15 is 4.39 Å². The molecule has 0 amide bonds. The number of pyridine rings is 1. The van der Waals surface area contributed by atoms with Gasteiger partial charge in [-0.15, -0.1) is 0 Å². The molecular formula is C35H39F2N5O3. The maximum atomic E-state index is 16.8. The van der Waals surface area contributed by atoms with Crippen LogP contribution < -0.4 is 9.64 Å². The Kier molecular flexibility index (Phi) is 7.05. The van der Waals surface area contributed by atoms with E-state index in [2.05, 4.69) is 19.8 Å². The highest BCUT2D eigenvalue weighted by molar-refractivity contribution is 6.01. The van der Waals surface area contributed by atoms with Crippen LogP contribution in [0.1, 0.15) is 51.0 Å². The molecule has 2 aliphatic carbocycles. The first-order valence-corrected chi connectivity index (χ1v) is 16.4. The third kappa shape index (κ3) is 5.16. The zero-order valence-corrected chi connectivity index (χ0v) is 25.6. The molecule has 8 nitrogen and oxygen atoms in total. The first kappa shape index (κ1) is 28.8. The number of anilines is 1. The third-order valence-electron chi connectivity index (χ3n) is 10.6. The largest absolute Gasteiger partial charge is 0.508 e. The van der Waals surface area contributed by atoms with E-state index in [1.807, 2.05) is 6.92 Å². The zero-order chi connectivity index (χ0) is 30.9. The molecule has 0 spiro atoms. The fourth-order valence-corrected chi connectivity index (χ4v) is 8.11. The third-order valence-corrected chi connectivity index (χ3v) is 10.6. The van der Waals surface area contributed by atoms with Crippen LogP contribution in [0.15, 0.2) is 30.5 Å². The average Bonchev–Trinajstić information content (AvgIpc) is 3.50. The number of hydrogen-bond donors (Lipinski definition) is 2. The molecule has 4 heterocycles. The summed E-state index contributed by atoms with van der Waals surface area (Å²) in [5, 5.41) is 22.8. The molecule has 8 rings (SSSR count). The molecule has 2 saturated heterocycles. The Labute approximate surface area is 261 Å². The van der Waals surface area contributed by atoms with Gasteiger partial charge in [0.2, 0.25) is 0 Å². The lowest BCUT2D eigenvalue weighted by atomic mass is 9.94. The second-order valence-corrected chi connectivity index (χ2v) is 13.8. The van der Waals surface area contributed by atoms with Crippen LogP contribution in [0, 0.1) is 28.9 Å². The lowest BCUT2D eigenvalue weighted by Crippen LogP contribution is -2.38. The summed E-state index contributed by atoms with van der Waals surface area (Å²) in [6.45, 7) is 6.87. The second-order valence-electron chi connectivity index (χ2n) is 13.8. The fourth-order valence-electron chi connectivity index (χ4n) is 8.11. The number of aromatic hydroxyl groups is 1. The minimum absolute atomic E-state index is 0.0128. The number of rotatable bonds is 8. The van der Waals surface area contributed by atoms with Gasteiger partial charge in [0.05, 0.1) is 18.1 Å². The molecule has 2 aliphatic heterocycles. The molecule has 2 N–H and O–H groups in total. The number of ether oxygens (including phenoxy) is 1. The lowest BCUT2D eigenvalue weighted by molar-refractivity contribution is 0.137. The van der Waals surface area contributed by atoms with E-state index in [0.717, 1.165) is 45.3 Å². The quantitative estimate of drug-likeness (QED) is 0.255. The van der Waals surface area contributed by atoms with Gasteiger partial charge in [0.1, 0.15) is 28.6 Å². The summed E-state index contributed by atoms with van der Waals surface area (Å²) in [7, 11) is 0. The molecule has 2 aromatic carbocycles. The summed E-state index contributed by atoms with van der Waals surface area (Å²) in [6.07, 6.45) is 7.98. The highest BCUT2D eigenvalue weighted by Gasteiger charge is 2.45. The normalized spacial score (nSPS) is 24.2. The zero-order valence-electron chi connectivity index (χ0n) is 25.6. The van der Waals surface area contributed by atoms with Gasteiger partial charge < -0.3 is 24.7 Å². The molecule has 4 aliphatic rings. The number of halogens is 2. The van der Waals surface area contributed by atoms with Crippen molar-refractivity contribution in [3.63, 3.8) is 0 Å². The summed E-state index contributed by atoms with van der Waals surface area (Å²) in [5.74, 6) is -0.0919. The number of aromatic nitrogens is 3. The summed E-state index contributed by atoms with van der Waals surface area (Å²) >= 11 is 0. The number of fused-ring (bicyclic) bond motifs is 4. The van der Waals surface area contributed by atoms with Gasteiger partial charge in [-0.2, -0.15) is 9.97 Å². The van der Waals surface area contributed by atoms with E-state index < -0.39 is 5.82 Å². The molecular weight excluding hydrogens is 576 g/mol. The molecule has 2 saturated carbocycles. The van der Waals surface area contributed by atoms with Gasteiger partial charge >= 0.3 is 6.01 Å². The Morgan fingerprint density at radius 1 is 1.07 bits per heavy atom. The van der Waals surface area contributed by atoms with E-state index in [-0.39, 0.29) is 46.2 Å². The summed E-state index contributed by atoms with van der Waals surface area (Å²) in [4.78, 5) is 18.7. The number of benzene rings is 2. The summed E-state index contributed by atoms with van der Waals surface area (Å²) in [5.41, 5.74) is 0.881. The fraction of sp³-hybridized carbons (Fsp3) is 0.514. The molecule has 4 fully saturated rings. The molecule has 0 radical (unpaired) electrons. The highest BCUT2D eigenvalue weighted by atomic mass is 19.1. The van der Waals surface area contributed by atoms with Gasteiger partial charge in [0, 0.05) is 42.7 Å². The maximum Gasteiger partial charge on any atom is 0.319 e. The Morgan fingerprint density at radius 2 is 1.89 bits per heavy atom. The van der Waals surface area contributed by atoms with Crippen molar-refractivity contribution in [2.45, 2.75) is 58.0 Å². The lowest BCUT2D eigenvalue weighted by Gasteiger charge is -2.33. The number of phenols is 1. The molecule has 2 aromatic heterocycles. The first-order chi connectivity index (χ1) is 21.8. The molecule has 2 bridgehead atoms. The van der Waals surface area contributed by atoms with E-state index in [0.29, 0.717) is 65.1 Å². The van der Waals surface area contributed by atoms with Gasteiger partial charge in [-0.1, -0.05) is 13.0 Å². The number of phenolic OH excluding ortho intramolecular Hbond substituents is 1. The average molecular weight is 616 g/mol. The van der Waals surface area contributed by atoms with Crippen molar-refractivity contribution in [1.82, 2.24) is 19.9 Å². The Balaban J connectivity index is 1.23. The minimum Gasteiger partial charge on any atom is -0.508 e. The summed E-state index contributed by atoms with van der Waals surface area (Å²) < 4.78 is 38.1. The van der Waals surface area contributed by atoms with Crippen molar-refractivity contribution >= 4 is 27.5 Å². The van der Waals surface area contributed by atoms with Crippen LogP contribution in [0.2, 0.25) is 0 Å². The monoisotopic (exact) mass is 615 g/mol. The van der Waals surface area contributed by atoms with Crippen LogP contribution in [0.5, 0.6) is 11.8 Å². The van der Waals surface area contributed by atoms with Crippen LogP contribution >= 0.6 is 0 Å². The highest BCUT2D eigenvalue weighted by Crippen LogP contribution is 2.47. The Hall–Kier alpha value is -3.63. The number of likely N-dealkylation sites (tertiary alicyclic amines) is 1. The number of aliphatic hydroxyl groups is 1. The number of nitrogens with zero attached hydrogens (tertiary/aromatic N) is 5. The summed E-state index contributed by atoms with van der Waals surface area (Å²) in [6, 6.07) is 6.08. The predicted molar refractivity (Wildman–Crippen MR) is 169 cm³/mol. The smallest absolute Gasteiger partial charge is 0.319 e. The molecule has 45 heavy (non-hydrogen) atoms. The van der Waals surface area contributed by atoms with Crippen molar-refractivity contribution in [1.29, 1.82) is 0 Å². The van der Waals surface area contributed by atoms with Crippen molar-refractivity contribution < 1.29 is 23.7 Å². The van der Waals surface area contributed by atoms with Crippen molar-refractivity contribution in [3.05, 3.63) is 47.7 Å². The molecule has 0 unspecified atom stereocenters. The standard InChI is InChI=1S/C35H39F2N5O3/c1-2-24-27(36)6-5-21-13-23(43)14-25(29(21)24)31-30(37)32-26(15-38-31)33(42-16-20-11-22(17-42)28(44)12-20)40-34(39-32)45-19-35(7-8-35)18-41-9-3-4-10-41/h5-6,13-15,20,22,28,43-44H,2-4,7-12,16-19H2,1H3/t20-,22-,28-/m1/s1. The van der Waals surface area contributed by atoms with Gasteiger partial charge in [0.25, 0.3) is 0 Å². The van der Waals surface area contributed by atoms with Crippen LogP contribution in [0.25, 0.3) is 32.9 Å². The molecule has 3 atom stereocenters. The Bertz CT molecular complexity index is 1790. The first-order valence-electron chi connectivity index (χ1n) is 16.4. The second kappa shape index (κ2) is 11.0. The SMILES string of the molecule is CCc1c(F)ccc2cc(O)cc(-c3ncc4c(N5C[C@@H]6C[C@H](C5)[C@H](O)C6)nc(OCC5(CN6CCCC6)CC5)nc4c3F)c12. The van der Waals surface area contributed by atoms with Crippen LogP contribution in [-0.2, 0) is 6.42 Å². The van der Waals surface area contributed by atoms with E-state index in [4.69, 9.17) is 9.72 Å². The van der Waals surface area contributed by atoms with Crippen molar-refractivity contribution in [2.75, 3.05) is 44.2 Å². The van der Waals surface area contributed by atoms with E-state index in [1.165, 1.54) is 25.0 Å². The van der Waals surface area contributed by atoms with E-state index in [1.54, 1.807) is 18.3 Å². The molecule has 10 heteroatoms. The van der Waals surface area contributed by atoms with Crippen molar-refractivity contribution in [2.24, 2.45) is 17.3 Å². The number of aryl methyl sites for hydroxylation is 1. The van der Waals surface area contributed by atoms with Crippen LogP contribution in [-0.4, -0.2) is 75.5 Å². The number of aliphatic hydroxyl groups excluding tert-OH is 1. The maximum absolute atomic E-state index is 16.8. The van der Waals surface area contributed by atoms with E-state index in [9.17, 15) is 14.6 Å². The van der Waals surface area contributed by atoms with Crippen LogP contribution in [0.4, 0.5) is 14.6 Å².